The Morgan fingerprint density at radius 2 is 1.73 bits per heavy atom. The average Bonchev–Trinajstić information content (AvgIpc) is 3.18. The second kappa shape index (κ2) is 16.2. The van der Waals surface area contributed by atoms with Gasteiger partial charge in [-0.1, -0.05) is 60.7 Å². The standard InChI is InChI=1S/C42H43F3N4O6/c43-42(44,45)34-21-26(9-10-27(34)15-18-46-23-37(51)32-11-13-36(50)39-33(32)12-14-38(52)47-39)25-55-31-8-4-7-30(22-31)40(29-5-2-1-3-6-29)49(41(53)54)35-24-48-19-16-28(35)17-20-48/h1-14,21-22,28,35,37,40,46,50-51H,15-20,23-25H2,(H,47,52)(H,53,54)/t35-,37-,40-/m0/s1. The van der Waals surface area contributed by atoms with Gasteiger partial charge in [0, 0.05) is 24.5 Å². The third kappa shape index (κ3) is 8.49. The Bertz CT molecular complexity index is 2190. The molecule has 3 saturated heterocycles. The maximum Gasteiger partial charge on any atom is 0.416 e. The van der Waals surface area contributed by atoms with Gasteiger partial charge in [0.15, 0.2) is 0 Å². The first-order valence-corrected chi connectivity index (χ1v) is 18.4. The zero-order chi connectivity index (χ0) is 38.7. The highest BCUT2D eigenvalue weighted by Gasteiger charge is 2.43. The molecule has 0 unspecified atom stereocenters. The van der Waals surface area contributed by atoms with Crippen molar-refractivity contribution in [3.63, 3.8) is 0 Å². The smallest absolute Gasteiger partial charge is 0.416 e. The van der Waals surface area contributed by atoms with Crippen molar-refractivity contribution in [1.29, 1.82) is 0 Å². The van der Waals surface area contributed by atoms with Crippen molar-refractivity contribution in [2.75, 3.05) is 32.7 Å². The molecule has 3 aliphatic rings. The van der Waals surface area contributed by atoms with Gasteiger partial charge in [0.25, 0.3) is 0 Å². The van der Waals surface area contributed by atoms with Crippen LogP contribution in [0.2, 0.25) is 0 Å². The highest BCUT2D eigenvalue weighted by atomic mass is 19.4. The van der Waals surface area contributed by atoms with Gasteiger partial charge in [0.2, 0.25) is 5.56 Å². The number of halogens is 3. The third-order valence-electron chi connectivity index (χ3n) is 10.8. The number of amides is 1. The van der Waals surface area contributed by atoms with E-state index in [0.29, 0.717) is 34.4 Å². The summed E-state index contributed by atoms with van der Waals surface area (Å²) in [5.74, 6) is 0.531. The molecule has 4 heterocycles. The monoisotopic (exact) mass is 756 g/mol. The molecular weight excluding hydrogens is 713 g/mol. The van der Waals surface area contributed by atoms with E-state index in [1.54, 1.807) is 29.2 Å². The number of piperidine rings is 3. The van der Waals surface area contributed by atoms with Gasteiger partial charge in [0.05, 0.1) is 29.3 Å². The maximum absolute atomic E-state index is 14.3. The van der Waals surface area contributed by atoms with E-state index in [1.165, 1.54) is 30.3 Å². The quantitative estimate of drug-likeness (QED) is 0.0823. The van der Waals surface area contributed by atoms with E-state index in [0.717, 1.165) is 37.6 Å². The molecule has 8 rings (SSSR count). The number of nitrogens with zero attached hydrogens (tertiary/aromatic N) is 2. The predicted octanol–water partition coefficient (Wildman–Crippen LogP) is 6.86. The summed E-state index contributed by atoms with van der Waals surface area (Å²) in [5, 5.41) is 35.0. The minimum atomic E-state index is -4.62. The lowest BCUT2D eigenvalue weighted by Crippen LogP contribution is -2.59. The van der Waals surface area contributed by atoms with Gasteiger partial charge in [-0.3, -0.25) is 9.69 Å². The Balaban J connectivity index is 1.03. The summed E-state index contributed by atoms with van der Waals surface area (Å²) >= 11 is 0. The number of nitrogens with one attached hydrogen (secondary N) is 2. The van der Waals surface area contributed by atoms with Gasteiger partial charge in [0.1, 0.15) is 18.1 Å². The predicted molar refractivity (Wildman–Crippen MR) is 201 cm³/mol. The van der Waals surface area contributed by atoms with Gasteiger partial charge in [-0.2, -0.15) is 13.2 Å². The molecule has 1 amide bonds. The van der Waals surface area contributed by atoms with Crippen molar-refractivity contribution < 1.29 is 38.0 Å². The molecule has 3 fully saturated rings. The largest absolute Gasteiger partial charge is 0.506 e. The lowest BCUT2D eigenvalue weighted by atomic mass is 9.81. The summed E-state index contributed by atoms with van der Waals surface area (Å²) in [6.07, 6.45) is -4.75. The molecule has 5 aromatic rings. The molecule has 13 heteroatoms. The molecular formula is C42H43F3N4O6. The van der Waals surface area contributed by atoms with Crippen molar-refractivity contribution in [2.45, 2.75) is 50.2 Å². The molecule has 55 heavy (non-hydrogen) atoms. The number of phenolic OH excluding ortho intramolecular Hbond substituents is 1. The molecule has 1 aromatic heterocycles. The molecule has 0 aliphatic carbocycles. The first-order chi connectivity index (χ1) is 26.5. The van der Waals surface area contributed by atoms with Crippen molar-refractivity contribution in [1.82, 2.24) is 20.1 Å². The van der Waals surface area contributed by atoms with E-state index in [-0.39, 0.29) is 54.9 Å². The van der Waals surface area contributed by atoms with Crippen LogP contribution in [0.4, 0.5) is 18.0 Å². The highest BCUT2D eigenvalue weighted by Crippen LogP contribution is 2.39. The van der Waals surface area contributed by atoms with Crippen molar-refractivity contribution in [3.8, 4) is 11.5 Å². The molecule has 5 N–H and O–H groups in total. The van der Waals surface area contributed by atoms with E-state index >= 15 is 0 Å². The second-order valence-electron chi connectivity index (χ2n) is 14.3. The fourth-order valence-corrected chi connectivity index (χ4v) is 8.10. The molecule has 0 spiro atoms. The van der Waals surface area contributed by atoms with Crippen LogP contribution >= 0.6 is 0 Å². The molecule has 0 radical (unpaired) electrons. The number of aliphatic hydroxyl groups is 1. The molecule has 3 atom stereocenters. The number of hydrogen-bond donors (Lipinski definition) is 5. The molecule has 4 aromatic carbocycles. The first kappa shape index (κ1) is 37.9. The Morgan fingerprint density at radius 1 is 0.964 bits per heavy atom. The molecule has 2 bridgehead atoms. The number of aromatic nitrogens is 1. The second-order valence-corrected chi connectivity index (χ2v) is 14.3. The van der Waals surface area contributed by atoms with E-state index in [2.05, 4.69) is 15.2 Å². The average molecular weight is 757 g/mol. The Kier molecular flexibility index (Phi) is 11.1. The van der Waals surface area contributed by atoms with Gasteiger partial charge >= 0.3 is 12.3 Å². The number of aromatic hydroxyl groups is 1. The minimum absolute atomic E-state index is 0.0282. The van der Waals surface area contributed by atoms with Gasteiger partial charge in [-0.15, -0.1) is 0 Å². The van der Waals surface area contributed by atoms with Crippen LogP contribution in [0.3, 0.4) is 0 Å². The topological polar surface area (TPSA) is 138 Å². The van der Waals surface area contributed by atoms with E-state index in [4.69, 9.17) is 4.74 Å². The summed E-state index contributed by atoms with van der Waals surface area (Å²) in [4.78, 5) is 31.1. The maximum atomic E-state index is 14.3. The number of H-pyrrole nitrogens is 1. The van der Waals surface area contributed by atoms with Crippen LogP contribution < -0.4 is 15.6 Å². The molecule has 10 nitrogen and oxygen atoms in total. The van der Waals surface area contributed by atoms with E-state index < -0.39 is 35.5 Å². The number of rotatable bonds is 13. The highest BCUT2D eigenvalue weighted by molar-refractivity contribution is 5.87. The summed E-state index contributed by atoms with van der Waals surface area (Å²) < 4.78 is 49.0. The number of alkyl halides is 3. The minimum Gasteiger partial charge on any atom is -0.506 e. The number of phenols is 1. The van der Waals surface area contributed by atoms with Crippen LogP contribution in [-0.2, 0) is 19.2 Å². The lowest BCUT2D eigenvalue weighted by molar-refractivity contribution is -0.138. The van der Waals surface area contributed by atoms with Crippen LogP contribution in [0.1, 0.15) is 58.4 Å². The number of carbonyl (C=O) groups is 1. The van der Waals surface area contributed by atoms with Crippen LogP contribution in [0.25, 0.3) is 10.9 Å². The lowest BCUT2D eigenvalue weighted by Gasteiger charge is -2.50. The van der Waals surface area contributed by atoms with Crippen molar-refractivity contribution in [2.24, 2.45) is 5.92 Å². The summed E-state index contributed by atoms with van der Waals surface area (Å²) in [6.45, 7) is 2.65. The van der Waals surface area contributed by atoms with Gasteiger partial charge in [-0.05, 0) is 103 Å². The van der Waals surface area contributed by atoms with Crippen molar-refractivity contribution >= 4 is 17.0 Å². The number of benzene rings is 4. The molecule has 288 valence electrons. The van der Waals surface area contributed by atoms with Crippen molar-refractivity contribution in [3.05, 3.63) is 141 Å². The Hall–Kier alpha value is -5.37. The summed E-state index contributed by atoms with van der Waals surface area (Å²) in [6, 6.07) is 25.6. The number of aromatic amines is 1. The fourth-order valence-electron chi connectivity index (χ4n) is 8.10. The van der Waals surface area contributed by atoms with Crippen LogP contribution in [0.15, 0.2) is 102 Å². The summed E-state index contributed by atoms with van der Waals surface area (Å²) in [5.41, 5.74) is 1.39. The zero-order valence-corrected chi connectivity index (χ0v) is 30.0. The number of ether oxygens (including phenoxy) is 1. The Morgan fingerprint density at radius 3 is 2.44 bits per heavy atom. The molecule has 3 aliphatic heterocycles. The number of fused-ring (bicyclic) bond motifs is 4. The van der Waals surface area contributed by atoms with Crippen LogP contribution in [0.5, 0.6) is 11.5 Å². The first-order valence-electron chi connectivity index (χ1n) is 18.4. The van der Waals surface area contributed by atoms with Gasteiger partial charge in [-0.25, -0.2) is 4.79 Å². The fraction of sp³-hybridized carbons (Fsp3) is 0.333. The van der Waals surface area contributed by atoms with Crippen LogP contribution in [-0.4, -0.2) is 75.0 Å². The number of carboxylic acid groups (broad SMARTS) is 1. The summed E-state index contributed by atoms with van der Waals surface area (Å²) in [7, 11) is 0. The van der Waals surface area contributed by atoms with E-state index in [9.17, 15) is 38.1 Å². The molecule has 0 saturated carbocycles. The zero-order valence-electron chi connectivity index (χ0n) is 30.0. The normalized spacial score (nSPS) is 19.2. The SMILES string of the molecule is O=C(O)N([C@@H](c1ccccc1)c1cccc(OCc2ccc(CCNC[C@H](O)c3ccc(O)c4[nH]c(=O)ccc34)c(C(F)(F)F)c2)c1)[C@H]1CN2CCC1CC2. The number of aliphatic hydroxyl groups excluding tert-OH is 1. The van der Waals surface area contributed by atoms with Crippen LogP contribution in [0, 0.1) is 5.92 Å². The number of pyridine rings is 1. The van der Waals surface area contributed by atoms with Gasteiger partial charge < -0.3 is 35.3 Å². The van der Waals surface area contributed by atoms with E-state index in [1.807, 2.05) is 36.4 Å². The third-order valence-corrected chi connectivity index (χ3v) is 10.8. The Labute approximate surface area is 315 Å². The number of hydrogen-bond acceptors (Lipinski definition) is 7.